The maximum Gasteiger partial charge on any atom is 0.0998 e. The highest BCUT2D eigenvalue weighted by atomic mass is 16.3. The van der Waals surface area contributed by atoms with E-state index in [1.165, 1.54) is 0 Å². The number of benzene rings is 2. The van der Waals surface area contributed by atoms with Crippen LogP contribution in [0.3, 0.4) is 0 Å². The van der Waals surface area contributed by atoms with E-state index in [0.717, 1.165) is 16.7 Å². The molecule has 0 aromatic heterocycles. The van der Waals surface area contributed by atoms with Gasteiger partial charge in [0.05, 0.1) is 18.2 Å². The van der Waals surface area contributed by atoms with E-state index in [-0.39, 0.29) is 6.61 Å². The van der Waals surface area contributed by atoms with Crippen molar-refractivity contribution in [2.45, 2.75) is 6.61 Å². The van der Waals surface area contributed by atoms with Gasteiger partial charge in [-0.3, -0.25) is 0 Å². The molecule has 0 spiro atoms. The van der Waals surface area contributed by atoms with Gasteiger partial charge in [-0.05, 0) is 22.8 Å². The highest BCUT2D eigenvalue weighted by molar-refractivity contribution is 5.70. The van der Waals surface area contributed by atoms with Crippen LogP contribution >= 0.6 is 0 Å². The van der Waals surface area contributed by atoms with Gasteiger partial charge in [0, 0.05) is 0 Å². The first-order valence-corrected chi connectivity index (χ1v) is 5.04. The van der Waals surface area contributed by atoms with E-state index in [1.807, 2.05) is 42.5 Å². The van der Waals surface area contributed by atoms with Crippen molar-refractivity contribution < 1.29 is 5.11 Å². The van der Waals surface area contributed by atoms with Crippen LogP contribution in [0.1, 0.15) is 11.1 Å². The van der Waals surface area contributed by atoms with Gasteiger partial charge in [0.1, 0.15) is 0 Å². The average Bonchev–Trinajstić information content (AvgIpc) is 2.39. The summed E-state index contributed by atoms with van der Waals surface area (Å²) in [7, 11) is 0. The second kappa shape index (κ2) is 4.61. The Morgan fingerprint density at radius 1 is 1.06 bits per heavy atom. The summed E-state index contributed by atoms with van der Waals surface area (Å²) in [6.07, 6.45) is 0. The minimum absolute atomic E-state index is 0.0379. The van der Waals surface area contributed by atoms with Crippen molar-refractivity contribution in [3.63, 3.8) is 0 Å². The molecule has 0 saturated heterocycles. The van der Waals surface area contributed by atoms with Crippen LogP contribution in [-0.2, 0) is 6.61 Å². The Morgan fingerprint density at radius 2 is 1.81 bits per heavy atom. The summed E-state index contributed by atoms with van der Waals surface area (Å²) in [5.74, 6) is 0. The number of hydrogen-bond donors (Lipinski definition) is 1. The molecule has 0 aliphatic heterocycles. The predicted octanol–water partition coefficient (Wildman–Crippen LogP) is 2.72. The summed E-state index contributed by atoms with van der Waals surface area (Å²) in [4.78, 5) is 0. The maximum atomic E-state index is 9.07. The fraction of sp³-hybridized carbons (Fsp3) is 0.0714. The zero-order valence-electron chi connectivity index (χ0n) is 8.72. The first kappa shape index (κ1) is 10.4. The fourth-order valence-corrected chi connectivity index (χ4v) is 1.65. The zero-order chi connectivity index (χ0) is 11.4. The van der Waals surface area contributed by atoms with Gasteiger partial charge in [-0.2, -0.15) is 5.26 Å². The summed E-state index contributed by atoms with van der Waals surface area (Å²) in [5.41, 5.74) is 3.28. The molecule has 0 bridgehead atoms. The van der Waals surface area contributed by atoms with Gasteiger partial charge >= 0.3 is 0 Å². The Kier molecular flexibility index (Phi) is 3.00. The number of aliphatic hydroxyl groups is 1. The summed E-state index contributed by atoms with van der Waals surface area (Å²) in [5, 5.41) is 18.1. The number of aliphatic hydroxyl groups excluding tert-OH is 1. The Balaban J connectivity index is 2.54. The molecule has 0 unspecified atom stereocenters. The van der Waals surface area contributed by atoms with Crippen molar-refractivity contribution in [3.05, 3.63) is 59.7 Å². The molecule has 0 aliphatic carbocycles. The minimum Gasteiger partial charge on any atom is -0.392 e. The normalized spacial score (nSPS) is 9.75. The number of rotatable bonds is 2. The molecule has 2 nitrogen and oxygen atoms in total. The summed E-state index contributed by atoms with van der Waals surface area (Å²) < 4.78 is 0. The smallest absolute Gasteiger partial charge is 0.0998 e. The number of nitrogens with zero attached hydrogens (tertiary/aromatic N) is 1. The van der Waals surface area contributed by atoms with E-state index in [4.69, 9.17) is 10.4 Å². The highest BCUT2D eigenvalue weighted by Crippen LogP contribution is 2.24. The highest BCUT2D eigenvalue weighted by Gasteiger charge is 2.04. The van der Waals surface area contributed by atoms with E-state index in [1.54, 1.807) is 6.07 Å². The molecular weight excluding hydrogens is 198 g/mol. The predicted molar refractivity (Wildman–Crippen MR) is 62.5 cm³/mol. The summed E-state index contributed by atoms with van der Waals surface area (Å²) in [6.45, 7) is -0.0379. The standard InChI is InChI=1S/C14H11NO/c15-9-13-8-11(10-16)6-7-14(13)12-4-2-1-3-5-12/h1-8,16H,10H2. The SMILES string of the molecule is N#Cc1cc(CO)ccc1-c1ccccc1. The van der Waals surface area contributed by atoms with E-state index in [0.29, 0.717) is 5.56 Å². The largest absolute Gasteiger partial charge is 0.392 e. The first-order chi connectivity index (χ1) is 7.85. The van der Waals surface area contributed by atoms with Gasteiger partial charge in [0.2, 0.25) is 0 Å². The van der Waals surface area contributed by atoms with Gasteiger partial charge in [0.15, 0.2) is 0 Å². The third kappa shape index (κ3) is 1.95. The van der Waals surface area contributed by atoms with E-state index in [9.17, 15) is 0 Å². The van der Waals surface area contributed by atoms with Gasteiger partial charge in [-0.1, -0.05) is 42.5 Å². The molecule has 2 heteroatoms. The minimum atomic E-state index is -0.0379. The molecule has 2 aromatic carbocycles. The molecule has 1 N–H and O–H groups in total. The Morgan fingerprint density at radius 3 is 2.44 bits per heavy atom. The lowest BCUT2D eigenvalue weighted by Gasteiger charge is -2.05. The molecule has 2 aromatic rings. The molecule has 0 fully saturated rings. The molecule has 0 radical (unpaired) electrons. The van der Waals surface area contributed by atoms with Crippen molar-refractivity contribution in [1.82, 2.24) is 0 Å². The second-order valence-electron chi connectivity index (χ2n) is 3.52. The van der Waals surface area contributed by atoms with E-state index in [2.05, 4.69) is 6.07 Å². The topological polar surface area (TPSA) is 44.0 Å². The maximum absolute atomic E-state index is 9.07. The molecule has 78 valence electrons. The second-order valence-corrected chi connectivity index (χ2v) is 3.52. The van der Waals surface area contributed by atoms with Gasteiger partial charge in [-0.15, -0.1) is 0 Å². The van der Waals surface area contributed by atoms with Crippen LogP contribution in [0, 0.1) is 11.3 Å². The quantitative estimate of drug-likeness (QED) is 0.826. The third-order valence-electron chi connectivity index (χ3n) is 2.47. The lowest BCUT2D eigenvalue weighted by atomic mass is 9.98. The number of nitriles is 1. The summed E-state index contributed by atoms with van der Waals surface area (Å²) in [6, 6.07) is 17.4. The summed E-state index contributed by atoms with van der Waals surface area (Å²) >= 11 is 0. The first-order valence-electron chi connectivity index (χ1n) is 5.04. The molecular formula is C14H11NO. The lowest BCUT2D eigenvalue weighted by Crippen LogP contribution is -1.88. The van der Waals surface area contributed by atoms with Crippen LogP contribution in [0.2, 0.25) is 0 Å². The molecule has 0 amide bonds. The zero-order valence-corrected chi connectivity index (χ0v) is 8.72. The Bertz CT molecular complexity index is 526. The molecule has 16 heavy (non-hydrogen) atoms. The Hall–Kier alpha value is -2.11. The molecule has 0 atom stereocenters. The van der Waals surface area contributed by atoms with Crippen molar-refractivity contribution in [2.24, 2.45) is 0 Å². The van der Waals surface area contributed by atoms with Crippen LogP contribution in [-0.4, -0.2) is 5.11 Å². The molecule has 0 aliphatic rings. The van der Waals surface area contributed by atoms with Crippen molar-refractivity contribution in [3.8, 4) is 17.2 Å². The van der Waals surface area contributed by atoms with Crippen LogP contribution in [0.4, 0.5) is 0 Å². The van der Waals surface area contributed by atoms with Crippen LogP contribution in [0.25, 0.3) is 11.1 Å². The number of hydrogen-bond acceptors (Lipinski definition) is 2. The molecule has 0 heterocycles. The monoisotopic (exact) mass is 209 g/mol. The van der Waals surface area contributed by atoms with E-state index >= 15 is 0 Å². The van der Waals surface area contributed by atoms with Gasteiger partial charge in [0.25, 0.3) is 0 Å². The van der Waals surface area contributed by atoms with Crippen molar-refractivity contribution in [2.75, 3.05) is 0 Å². The van der Waals surface area contributed by atoms with Crippen LogP contribution < -0.4 is 0 Å². The van der Waals surface area contributed by atoms with Crippen molar-refractivity contribution in [1.29, 1.82) is 5.26 Å². The fourth-order valence-electron chi connectivity index (χ4n) is 1.65. The van der Waals surface area contributed by atoms with E-state index < -0.39 is 0 Å². The molecule has 2 rings (SSSR count). The lowest BCUT2D eigenvalue weighted by molar-refractivity contribution is 0.282. The van der Waals surface area contributed by atoms with Crippen molar-refractivity contribution >= 4 is 0 Å². The van der Waals surface area contributed by atoms with Crippen LogP contribution in [0.5, 0.6) is 0 Å². The van der Waals surface area contributed by atoms with Gasteiger partial charge < -0.3 is 5.11 Å². The average molecular weight is 209 g/mol. The molecule has 0 saturated carbocycles. The van der Waals surface area contributed by atoms with Crippen LogP contribution in [0.15, 0.2) is 48.5 Å². The third-order valence-corrected chi connectivity index (χ3v) is 2.47. The Labute approximate surface area is 94.4 Å². The van der Waals surface area contributed by atoms with Gasteiger partial charge in [-0.25, -0.2) is 0 Å².